The summed E-state index contributed by atoms with van der Waals surface area (Å²) in [6.07, 6.45) is 2.52. The van der Waals surface area contributed by atoms with Crippen LogP contribution in [0.4, 0.5) is 0 Å². The molecule has 1 heterocycles. The van der Waals surface area contributed by atoms with Gasteiger partial charge in [-0.25, -0.2) is 0 Å². The van der Waals surface area contributed by atoms with Crippen molar-refractivity contribution in [2.75, 3.05) is 0 Å². The lowest BCUT2D eigenvalue weighted by Crippen LogP contribution is -2.11. The second-order valence-electron chi connectivity index (χ2n) is 5.59. The van der Waals surface area contributed by atoms with Crippen molar-refractivity contribution < 1.29 is 14.1 Å². The first-order valence-electron chi connectivity index (χ1n) is 7.25. The zero-order chi connectivity index (χ0) is 14.8. The summed E-state index contributed by atoms with van der Waals surface area (Å²) in [7, 11) is 0. The summed E-state index contributed by atoms with van der Waals surface area (Å²) in [4.78, 5) is 16.2. The third kappa shape index (κ3) is 2.96. The molecule has 0 atom stereocenters. The van der Waals surface area contributed by atoms with Gasteiger partial charge in [0.2, 0.25) is 11.7 Å². The van der Waals surface area contributed by atoms with E-state index in [1.807, 2.05) is 32.0 Å². The van der Waals surface area contributed by atoms with E-state index in [1.54, 1.807) is 0 Å². The van der Waals surface area contributed by atoms with Crippen LogP contribution in [-0.4, -0.2) is 15.9 Å². The molecule has 5 nitrogen and oxygen atoms in total. The Hall–Kier alpha value is -2.17. The van der Waals surface area contributed by atoms with Crippen LogP contribution in [0.15, 0.2) is 22.7 Å². The van der Waals surface area contributed by atoms with Crippen LogP contribution in [0, 0.1) is 0 Å². The molecule has 0 amide bonds. The van der Waals surface area contributed by atoms with Gasteiger partial charge in [-0.2, -0.15) is 4.98 Å². The van der Waals surface area contributed by atoms with Crippen LogP contribution in [0.1, 0.15) is 60.2 Å². The molecule has 3 rings (SSSR count). The lowest BCUT2D eigenvalue weighted by molar-refractivity contribution is 0.0972. The lowest BCUT2D eigenvalue weighted by atomic mass is 9.90. The van der Waals surface area contributed by atoms with E-state index in [2.05, 4.69) is 10.1 Å². The molecule has 0 N–H and O–H groups in total. The number of carbonyl (C=O) groups excluding carboxylic acids is 1. The third-order valence-electron chi connectivity index (χ3n) is 3.58. The highest BCUT2D eigenvalue weighted by atomic mass is 16.5. The van der Waals surface area contributed by atoms with Crippen molar-refractivity contribution in [2.24, 2.45) is 0 Å². The quantitative estimate of drug-likeness (QED) is 0.862. The van der Waals surface area contributed by atoms with E-state index in [1.165, 1.54) is 0 Å². The zero-order valence-corrected chi connectivity index (χ0v) is 12.3. The van der Waals surface area contributed by atoms with Gasteiger partial charge in [-0.15, -0.1) is 0 Å². The highest BCUT2D eigenvalue weighted by molar-refractivity contribution is 5.98. The smallest absolute Gasteiger partial charge is 0.229 e. The van der Waals surface area contributed by atoms with Crippen molar-refractivity contribution in [3.05, 3.63) is 41.0 Å². The Labute approximate surface area is 123 Å². The number of benzene rings is 1. The standard InChI is InChI=1S/C16H18N2O3/c1-10(2)16-17-15(18-21-16)9-20-12-7-6-11-4-3-5-14(19)13(11)8-12/h6-8,10H,3-5,9H2,1-2H3. The van der Waals surface area contributed by atoms with E-state index in [4.69, 9.17) is 9.26 Å². The Morgan fingerprint density at radius 2 is 2.19 bits per heavy atom. The number of Topliss-reactive ketones (excluding diaryl/α,β-unsaturated/α-hetero) is 1. The van der Waals surface area contributed by atoms with Crippen LogP contribution in [0.25, 0.3) is 0 Å². The number of carbonyl (C=O) groups is 1. The topological polar surface area (TPSA) is 65.2 Å². The van der Waals surface area contributed by atoms with Gasteiger partial charge in [0, 0.05) is 17.9 Å². The Bertz CT molecular complexity index is 661. The lowest BCUT2D eigenvalue weighted by Gasteiger charge is -2.15. The van der Waals surface area contributed by atoms with Crippen LogP contribution in [0.2, 0.25) is 0 Å². The van der Waals surface area contributed by atoms with Gasteiger partial charge in [-0.05, 0) is 30.5 Å². The molecule has 0 saturated carbocycles. The second-order valence-corrected chi connectivity index (χ2v) is 5.59. The van der Waals surface area contributed by atoms with Crippen molar-refractivity contribution in [3.63, 3.8) is 0 Å². The van der Waals surface area contributed by atoms with E-state index in [0.29, 0.717) is 23.9 Å². The molecule has 0 bridgehead atoms. The van der Waals surface area contributed by atoms with Gasteiger partial charge < -0.3 is 9.26 Å². The van der Waals surface area contributed by atoms with Gasteiger partial charge in [0.1, 0.15) is 5.75 Å². The average molecular weight is 286 g/mol. The molecule has 0 radical (unpaired) electrons. The van der Waals surface area contributed by atoms with E-state index >= 15 is 0 Å². The molecule has 21 heavy (non-hydrogen) atoms. The first kappa shape index (κ1) is 13.8. The van der Waals surface area contributed by atoms with Crippen molar-refractivity contribution >= 4 is 5.78 Å². The van der Waals surface area contributed by atoms with E-state index < -0.39 is 0 Å². The predicted molar refractivity (Wildman–Crippen MR) is 76.4 cm³/mol. The largest absolute Gasteiger partial charge is 0.485 e. The summed E-state index contributed by atoms with van der Waals surface area (Å²) in [5, 5.41) is 3.88. The van der Waals surface area contributed by atoms with Crippen molar-refractivity contribution in [2.45, 2.75) is 45.6 Å². The van der Waals surface area contributed by atoms with E-state index in [-0.39, 0.29) is 18.3 Å². The number of hydrogen-bond donors (Lipinski definition) is 0. The molecule has 0 aliphatic heterocycles. The van der Waals surface area contributed by atoms with Gasteiger partial charge in [0.15, 0.2) is 12.4 Å². The van der Waals surface area contributed by atoms with Crippen LogP contribution >= 0.6 is 0 Å². The third-order valence-corrected chi connectivity index (χ3v) is 3.58. The van der Waals surface area contributed by atoms with Crippen molar-refractivity contribution in [1.82, 2.24) is 10.1 Å². The minimum absolute atomic E-state index is 0.198. The molecule has 5 heteroatoms. The molecule has 0 saturated heterocycles. The molecule has 1 aliphatic rings. The molecule has 0 unspecified atom stereocenters. The zero-order valence-electron chi connectivity index (χ0n) is 12.3. The number of aromatic nitrogens is 2. The Kier molecular flexibility index (Phi) is 3.73. The maximum absolute atomic E-state index is 11.9. The summed E-state index contributed by atoms with van der Waals surface area (Å²) in [5.74, 6) is 2.19. The van der Waals surface area contributed by atoms with E-state index in [9.17, 15) is 4.79 Å². The van der Waals surface area contributed by atoms with Gasteiger partial charge in [0.25, 0.3) is 0 Å². The maximum atomic E-state index is 11.9. The number of hydrogen-bond acceptors (Lipinski definition) is 5. The van der Waals surface area contributed by atoms with Crippen LogP contribution in [-0.2, 0) is 13.0 Å². The average Bonchev–Trinajstić information content (AvgIpc) is 2.95. The molecular formula is C16H18N2O3. The molecular weight excluding hydrogens is 268 g/mol. The van der Waals surface area contributed by atoms with Crippen LogP contribution in [0.3, 0.4) is 0 Å². The first-order valence-corrected chi connectivity index (χ1v) is 7.25. The predicted octanol–water partition coefficient (Wildman–Crippen LogP) is 3.29. The number of rotatable bonds is 4. The number of ketones is 1. The summed E-state index contributed by atoms with van der Waals surface area (Å²) in [5.41, 5.74) is 1.90. The fourth-order valence-electron chi connectivity index (χ4n) is 2.41. The molecule has 2 aromatic rings. The summed E-state index contributed by atoms with van der Waals surface area (Å²) >= 11 is 0. The monoisotopic (exact) mass is 286 g/mol. The SMILES string of the molecule is CC(C)c1nc(COc2ccc3c(c2)C(=O)CCC3)no1. The summed E-state index contributed by atoms with van der Waals surface area (Å²) in [6.45, 7) is 4.23. The molecule has 1 aromatic heterocycles. The Morgan fingerprint density at radius 3 is 2.95 bits per heavy atom. The fraction of sp³-hybridized carbons (Fsp3) is 0.438. The minimum atomic E-state index is 0.198. The molecule has 1 aromatic carbocycles. The van der Waals surface area contributed by atoms with Crippen molar-refractivity contribution in [1.29, 1.82) is 0 Å². The number of nitrogens with zero attached hydrogens (tertiary/aromatic N) is 2. The van der Waals surface area contributed by atoms with Crippen LogP contribution in [0.5, 0.6) is 5.75 Å². The molecule has 1 aliphatic carbocycles. The number of ether oxygens (including phenoxy) is 1. The van der Waals surface area contributed by atoms with Crippen LogP contribution < -0.4 is 4.74 Å². The Balaban J connectivity index is 1.70. The number of fused-ring (bicyclic) bond motifs is 1. The molecule has 0 spiro atoms. The van der Waals surface area contributed by atoms with Gasteiger partial charge in [0.05, 0.1) is 0 Å². The van der Waals surface area contributed by atoms with Gasteiger partial charge in [-0.1, -0.05) is 25.1 Å². The summed E-state index contributed by atoms with van der Waals surface area (Å²) < 4.78 is 10.8. The second kappa shape index (κ2) is 5.68. The maximum Gasteiger partial charge on any atom is 0.229 e. The first-order chi connectivity index (χ1) is 10.1. The van der Waals surface area contributed by atoms with E-state index in [0.717, 1.165) is 24.0 Å². The highest BCUT2D eigenvalue weighted by Gasteiger charge is 2.18. The minimum Gasteiger partial charge on any atom is -0.485 e. The Morgan fingerprint density at radius 1 is 1.33 bits per heavy atom. The summed E-state index contributed by atoms with van der Waals surface area (Å²) in [6, 6.07) is 5.68. The molecule has 0 fully saturated rings. The fourth-order valence-corrected chi connectivity index (χ4v) is 2.41. The number of aryl methyl sites for hydroxylation is 1. The molecule has 110 valence electrons. The van der Waals surface area contributed by atoms with Gasteiger partial charge in [-0.3, -0.25) is 4.79 Å². The normalized spacial score (nSPS) is 14.3. The van der Waals surface area contributed by atoms with Crippen molar-refractivity contribution in [3.8, 4) is 5.75 Å². The van der Waals surface area contributed by atoms with Gasteiger partial charge >= 0.3 is 0 Å². The highest BCUT2D eigenvalue weighted by Crippen LogP contribution is 2.25.